The van der Waals surface area contributed by atoms with Gasteiger partial charge >= 0.3 is 0 Å². The van der Waals surface area contributed by atoms with Crippen LogP contribution in [0.2, 0.25) is 0 Å². The maximum atomic E-state index is 11.7. The van der Waals surface area contributed by atoms with E-state index in [0.717, 1.165) is 22.1 Å². The van der Waals surface area contributed by atoms with E-state index in [1.165, 1.54) is 0 Å². The lowest BCUT2D eigenvalue weighted by molar-refractivity contribution is -0.125. The van der Waals surface area contributed by atoms with E-state index < -0.39 is 5.54 Å². The lowest BCUT2D eigenvalue weighted by Crippen LogP contribution is -2.48. The number of nitrogens with one attached hydrogen (secondary N) is 1. The van der Waals surface area contributed by atoms with Crippen LogP contribution in [-0.2, 0) is 11.3 Å². The third kappa shape index (κ3) is 3.27. The van der Waals surface area contributed by atoms with E-state index in [1.54, 1.807) is 21.0 Å². The normalized spacial score (nSPS) is 11.4. The third-order valence-corrected chi connectivity index (χ3v) is 3.15. The number of amides is 1. The van der Waals surface area contributed by atoms with Crippen LogP contribution in [0.4, 0.5) is 0 Å². The average molecular weight is 272 g/mol. The third-order valence-electron chi connectivity index (χ3n) is 3.15. The second-order valence-electron chi connectivity index (χ2n) is 5.45. The van der Waals surface area contributed by atoms with Crippen LogP contribution in [0.25, 0.3) is 10.8 Å². The molecule has 2 rings (SSSR count). The van der Waals surface area contributed by atoms with E-state index in [4.69, 9.17) is 10.5 Å². The Kier molecular flexibility index (Phi) is 3.95. The molecule has 0 saturated carbocycles. The van der Waals surface area contributed by atoms with Gasteiger partial charge in [-0.3, -0.25) is 4.79 Å². The summed E-state index contributed by atoms with van der Waals surface area (Å²) in [5, 5.41) is 5.06. The van der Waals surface area contributed by atoms with Crippen LogP contribution in [0, 0.1) is 0 Å². The van der Waals surface area contributed by atoms with Gasteiger partial charge in [0.1, 0.15) is 5.75 Å². The van der Waals surface area contributed by atoms with Crippen molar-refractivity contribution in [3.8, 4) is 5.75 Å². The van der Waals surface area contributed by atoms with Gasteiger partial charge in [-0.15, -0.1) is 0 Å². The quantitative estimate of drug-likeness (QED) is 0.896. The van der Waals surface area contributed by atoms with Gasteiger partial charge in [-0.25, -0.2) is 0 Å². The Balaban J connectivity index is 2.14. The smallest absolute Gasteiger partial charge is 0.239 e. The molecule has 0 unspecified atom stereocenters. The first kappa shape index (κ1) is 14.3. The molecule has 106 valence electrons. The zero-order chi connectivity index (χ0) is 14.8. The minimum absolute atomic E-state index is 0.160. The summed E-state index contributed by atoms with van der Waals surface area (Å²) in [6.07, 6.45) is 0. The number of hydrogen-bond acceptors (Lipinski definition) is 3. The van der Waals surface area contributed by atoms with Gasteiger partial charge in [0.25, 0.3) is 0 Å². The minimum Gasteiger partial charge on any atom is -0.497 e. The number of hydrogen-bond donors (Lipinski definition) is 2. The first-order chi connectivity index (χ1) is 9.40. The highest BCUT2D eigenvalue weighted by Gasteiger charge is 2.20. The summed E-state index contributed by atoms with van der Waals surface area (Å²) in [4.78, 5) is 11.7. The summed E-state index contributed by atoms with van der Waals surface area (Å²) in [5.74, 6) is 0.677. The predicted octanol–water partition coefficient (Wildman–Crippen LogP) is 2.20. The van der Waals surface area contributed by atoms with Crippen LogP contribution < -0.4 is 15.8 Å². The van der Waals surface area contributed by atoms with Gasteiger partial charge in [-0.05, 0) is 48.4 Å². The van der Waals surface area contributed by atoms with Crippen molar-refractivity contribution in [1.82, 2.24) is 5.32 Å². The van der Waals surface area contributed by atoms with E-state index >= 15 is 0 Å². The molecule has 0 aliphatic carbocycles. The molecular formula is C16H20N2O2. The Labute approximate surface area is 118 Å². The van der Waals surface area contributed by atoms with Crippen LogP contribution in [0.3, 0.4) is 0 Å². The largest absolute Gasteiger partial charge is 0.497 e. The van der Waals surface area contributed by atoms with Crippen molar-refractivity contribution in [2.75, 3.05) is 7.11 Å². The standard InChI is InChI=1S/C16H20N2O2/c1-16(2,17)15(19)18-10-11-4-5-13-9-14(20-3)7-6-12(13)8-11/h4-9H,10,17H2,1-3H3,(H,18,19). The van der Waals surface area contributed by atoms with Gasteiger partial charge in [0, 0.05) is 6.54 Å². The molecule has 0 bridgehead atoms. The topological polar surface area (TPSA) is 64.3 Å². The zero-order valence-electron chi connectivity index (χ0n) is 12.1. The summed E-state index contributed by atoms with van der Waals surface area (Å²) in [6.45, 7) is 3.85. The van der Waals surface area contributed by atoms with Crippen molar-refractivity contribution in [2.45, 2.75) is 25.9 Å². The maximum absolute atomic E-state index is 11.7. The van der Waals surface area contributed by atoms with Crippen molar-refractivity contribution in [1.29, 1.82) is 0 Å². The Bertz CT molecular complexity index is 630. The van der Waals surface area contributed by atoms with Gasteiger partial charge in [0.15, 0.2) is 0 Å². The van der Waals surface area contributed by atoms with Crippen LogP contribution in [0.15, 0.2) is 36.4 Å². The highest BCUT2D eigenvalue weighted by Crippen LogP contribution is 2.21. The molecule has 1 amide bonds. The van der Waals surface area contributed by atoms with Gasteiger partial charge in [0.05, 0.1) is 12.6 Å². The number of carbonyl (C=O) groups excluding carboxylic acids is 1. The highest BCUT2D eigenvalue weighted by atomic mass is 16.5. The van der Waals surface area contributed by atoms with Gasteiger partial charge in [0.2, 0.25) is 5.91 Å². The SMILES string of the molecule is COc1ccc2cc(CNC(=O)C(C)(C)N)ccc2c1. The molecule has 3 N–H and O–H groups in total. The fourth-order valence-corrected chi connectivity index (χ4v) is 1.92. The molecule has 0 heterocycles. The summed E-state index contributed by atoms with van der Waals surface area (Å²) in [6, 6.07) is 12.0. The molecule has 0 aromatic heterocycles. The summed E-state index contributed by atoms with van der Waals surface area (Å²) in [7, 11) is 1.65. The average Bonchev–Trinajstić information content (AvgIpc) is 2.42. The molecule has 2 aromatic carbocycles. The number of nitrogens with two attached hydrogens (primary N) is 1. The van der Waals surface area contributed by atoms with Crippen LogP contribution in [0.1, 0.15) is 19.4 Å². The van der Waals surface area contributed by atoms with Crippen molar-refractivity contribution >= 4 is 16.7 Å². The number of fused-ring (bicyclic) bond motifs is 1. The highest BCUT2D eigenvalue weighted by molar-refractivity contribution is 5.86. The van der Waals surface area contributed by atoms with Crippen molar-refractivity contribution in [3.63, 3.8) is 0 Å². The molecule has 0 saturated heterocycles. The van der Waals surface area contributed by atoms with E-state index in [9.17, 15) is 4.79 Å². The lowest BCUT2D eigenvalue weighted by Gasteiger charge is -2.17. The van der Waals surface area contributed by atoms with Crippen molar-refractivity contribution < 1.29 is 9.53 Å². The van der Waals surface area contributed by atoms with Crippen LogP contribution in [0.5, 0.6) is 5.75 Å². The molecule has 0 fully saturated rings. The number of benzene rings is 2. The van der Waals surface area contributed by atoms with E-state index in [0.29, 0.717) is 6.54 Å². The van der Waals surface area contributed by atoms with Gasteiger partial charge < -0.3 is 15.8 Å². The second kappa shape index (κ2) is 5.51. The van der Waals surface area contributed by atoms with Crippen molar-refractivity contribution in [2.24, 2.45) is 5.73 Å². The molecule has 4 nitrogen and oxygen atoms in total. The molecule has 0 aliphatic rings. The molecule has 0 atom stereocenters. The Hall–Kier alpha value is -2.07. The number of methoxy groups -OCH3 is 1. The van der Waals surface area contributed by atoms with E-state index in [1.807, 2.05) is 30.3 Å². The zero-order valence-corrected chi connectivity index (χ0v) is 12.1. The Morgan fingerprint density at radius 2 is 1.85 bits per heavy atom. The summed E-state index contributed by atoms with van der Waals surface area (Å²) >= 11 is 0. The lowest BCUT2D eigenvalue weighted by atomic mass is 10.0. The Morgan fingerprint density at radius 1 is 1.20 bits per heavy atom. The van der Waals surface area contributed by atoms with E-state index in [-0.39, 0.29) is 5.91 Å². The summed E-state index contributed by atoms with van der Waals surface area (Å²) < 4.78 is 5.20. The molecule has 0 radical (unpaired) electrons. The summed E-state index contributed by atoms with van der Waals surface area (Å²) in [5.41, 5.74) is 5.92. The second-order valence-corrected chi connectivity index (χ2v) is 5.45. The van der Waals surface area contributed by atoms with Crippen LogP contribution >= 0.6 is 0 Å². The first-order valence-electron chi connectivity index (χ1n) is 6.54. The monoisotopic (exact) mass is 272 g/mol. The fraction of sp³-hybridized carbons (Fsp3) is 0.312. The van der Waals surface area contributed by atoms with Crippen LogP contribution in [-0.4, -0.2) is 18.6 Å². The number of ether oxygens (including phenoxy) is 1. The maximum Gasteiger partial charge on any atom is 0.239 e. The molecule has 4 heteroatoms. The van der Waals surface area contributed by atoms with Gasteiger partial charge in [-0.2, -0.15) is 0 Å². The van der Waals surface area contributed by atoms with Gasteiger partial charge in [-0.1, -0.05) is 18.2 Å². The molecule has 20 heavy (non-hydrogen) atoms. The molecular weight excluding hydrogens is 252 g/mol. The fourth-order valence-electron chi connectivity index (χ4n) is 1.92. The molecule has 0 spiro atoms. The first-order valence-corrected chi connectivity index (χ1v) is 6.54. The van der Waals surface area contributed by atoms with Crippen molar-refractivity contribution in [3.05, 3.63) is 42.0 Å². The predicted molar refractivity (Wildman–Crippen MR) is 80.6 cm³/mol. The number of rotatable bonds is 4. The van der Waals surface area contributed by atoms with E-state index in [2.05, 4.69) is 11.4 Å². The molecule has 2 aromatic rings. The number of carbonyl (C=O) groups is 1. The molecule has 0 aliphatic heterocycles. The minimum atomic E-state index is -0.857. The Morgan fingerprint density at radius 3 is 2.50 bits per heavy atom.